The third kappa shape index (κ3) is 6.59. The highest BCUT2D eigenvalue weighted by Gasteiger charge is 2.15. The number of unbranched alkanes of at least 4 members (excludes halogenated alkanes) is 1. The molecule has 3 rings (SSSR count). The van der Waals surface area contributed by atoms with Gasteiger partial charge in [0, 0.05) is 43.2 Å². The molecule has 0 bridgehead atoms. The van der Waals surface area contributed by atoms with Gasteiger partial charge in [0.05, 0.1) is 0 Å². The Kier molecular flexibility index (Phi) is 7.84. The van der Waals surface area contributed by atoms with E-state index in [1.165, 1.54) is 47.9 Å². The Morgan fingerprint density at radius 3 is 2.37 bits per heavy atom. The van der Waals surface area contributed by atoms with Crippen molar-refractivity contribution in [3.05, 3.63) is 71.6 Å². The monoisotopic (exact) mass is 430 g/mol. The smallest absolute Gasteiger partial charge is 0.226 e. The lowest BCUT2D eigenvalue weighted by Gasteiger charge is -2.20. The fraction of sp³-hybridized carbons (Fsp3) is 0.318. The lowest BCUT2D eigenvalue weighted by molar-refractivity contribution is -0.116. The third-order valence-corrected chi connectivity index (χ3v) is 5.34. The van der Waals surface area contributed by atoms with Crippen LogP contribution in [0.15, 0.2) is 48.5 Å². The molecule has 8 heteroatoms. The zero-order chi connectivity index (χ0) is 21.3. The molecule has 3 aromatic rings. The molecule has 0 saturated heterocycles. The van der Waals surface area contributed by atoms with Gasteiger partial charge >= 0.3 is 0 Å². The fourth-order valence-electron chi connectivity index (χ4n) is 2.88. The first kappa shape index (κ1) is 21.8. The van der Waals surface area contributed by atoms with Crippen LogP contribution in [0.25, 0.3) is 0 Å². The van der Waals surface area contributed by atoms with Crippen molar-refractivity contribution in [3.63, 3.8) is 0 Å². The Bertz CT molecular complexity index is 945. The summed E-state index contributed by atoms with van der Waals surface area (Å²) in [6, 6.07) is 12.0. The second-order valence-electron chi connectivity index (χ2n) is 6.94. The van der Waals surface area contributed by atoms with Crippen molar-refractivity contribution in [1.82, 2.24) is 9.36 Å². The van der Waals surface area contributed by atoms with E-state index in [9.17, 15) is 13.6 Å². The zero-order valence-corrected chi connectivity index (χ0v) is 17.6. The van der Waals surface area contributed by atoms with Gasteiger partial charge in [-0.2, -0.15) is 4.37 Å². The van der Waals surface area contributed by atoms with Crippen molar-refractivity contribution in [1.29, 1.82) is 0 Å². The number of carbonyl (C=O) groups excluding carboxylic acids is 1. The summed E-state index contributed by atoms with van der Waals surface area (Å²) in [5, 5.41) is 3.55. The molecule has 1 aromatic heterocycles. The van der Waals surface area contributed by atoms with Gasteiger partial charge in [0.1, 0.15) is 17.5 Å². The first-order chi connectivity index (χ1) is 14.5. The highest BCUT2D eigenvalue weighted by atomic mass is 32.1. The standard InChI is InChI=1S/C22H24F2N4OS/c1-2-3-13-28(14-12-21(29)25-19-10-8-18(24)9-11-19)22-26-20(27-30-22)15-16-4-6-17(23)7-5-16/h4-11H,2-3,12-15H2,1H3,(H,25,29). The van der Waals surface area contributed by atoms with Crippen molar-refractivity contribution in [2.75, 3.05) is 23.3 Å². The molecule has 1 N–H and O–H groups in total. The van der Waals surface area contributed by atoms with Crippen molar-refractivity contribution in [3.8, 4) is 0 Å². The first-order valence-corrected chi connectivity index (χ1v) is 10.7. The normalized spacial score (nSPS) is 10.8. The maximum absolute atomic E-state index is 13.1. The molecule has 0 spiro atoms. The quantitative estimate of drug-likeness (QED) is 0.489. The van der Waals surface area contributed by atoms with E-state index < -0.39 is 0 Å². The maximum Gasteiger partial charge on any atom is 0.226 e. The van der Waals surface area contributed by atoms with Crippen LogP contribution in [-0.4, -0.2) is 28.4 Å². The van der Waals surface area contributed by atoms with Crippen LogP contribution in [0.2, 0.25) is 0 Å². The van der Waals surface area contributed by atoms with Crippen LogP contribution in [0, 0.1) is 11.6 Å². The molecule has 0 unspecified atom stereocenters. The summed E-state index contributed by atoms with van der Waals surface area (Å²) in [6.45, 7) is 3.41. The number of aromatic nitrogens is 2. The van der Waals surface area contributed by atoms with Gasteiger partial charge in [0.25, 0.3) is 0 Å². The molecular weight excluding hydrogens is 406 g/mol. The Labute approximate surface area is 178 Å². The van der Waals surface area contributed by atoms with Gasteiger partial charge in [-0.15, -0.1) is 0 Å². The van der Waals surface area contributed by atoms with Gasteiger partial charge in [-0.25, -0.2) is 13.8 Å². The predicted octanol–water partition coefficient (Wildman–Crippen LogP) is 5.04. The van der Waals surface area contributed by atoms with E-state index >= 15 is 0 Å². The van der Waals surface area contributed by atoms with Crippen LogP contribution in [-0.2, 0) is 11.2 Å². The first-order valence-electron chi connectivity index (χ1n) is 9.91. The number of rotatable bonds is 10. The molecule has 1 amide bonds. The molecule has 2 aromatic carbocycles. The van der Waals surface area contributed by atoms with Crippen LogP contribution < -0.4 is 10.2 Å². The van der Waals surface area contributed by atoms with E-state index in [1.54, 1.807) is 12.1 Å². The van der Waals surface area contributed by atoms with Crippen LogP contribution in [0.1, 0.15) is 37.6 Å². The van der Waals surface area contributed by atoms with E-state index in [0.29, 0.717) is 24.5 Å². The Hall–Kier alpha value is -2.87. The molecule has 0 atom stereocenters. The topological polar surface area (TPSA) is 58.1 Å². The molecule has 158 valence electrons. The van der Waals surface area contributed by atoms with Gasteiger partial charge in [0.15, 0.2) is 0 Å². The summed E-state index contributed by atoms with van der Waals surface area (Å²) in [5.74, 6) is -0.0696. The summed E-state index contributed by atoms with van der Waals surface area (Å²) in [7, 11) is 0. The number of amides is 1. The molecule has 0 fully saturated rings. The SMILES string of the molecule is CCCCN(CCC(=O)Nc1ccc(F)cc1)c1nc(Cc2ccc(F)cc2)ns1. The highest BCUT2D eigenvalue weighted by Crippen LogP contribution is 2.20. The van der Waals surface area contributed by atoms with Crippen molar-refractivity contribution >= 4 is 28.3 Å². The zero-order valence-electron chi connectivity index (χ0n) is 16.8. The molecule has 5 nitrogen and oxygen atoms in total. The summed E-state index contributed by atoms with van der Waals surface area (Å²) in [4.78, 5) is 19.0. The molecule has 0 aliphatic heterocycles. The molecule has 0 saturated carbocycles. The van der Waals surface area contributed by atoms with Gasteiger partial charge in [0.2, 0.25) is 11.0 Å². The number of hydrogen-bond donors (Lipinski definition) is 1. The minimum absolute atomic E-state index is 0.140. The Balaban J connectivity index is 1.59. The Morgan fingerprint density at radius 1 is 1.03 bits per heavy atom. The predicted molar refractivity (Wildman–Crippen MR) is 116 cm³/mol. The summed E-state index contributed by atoms with van der Waals surface area (Å²) >= 11 is 1.31. The molecule has 30 heavy (non-hydrogen) atoms. The average Bonchev–Trinajstić information content (AvgIpc) is 3.20. The molecule has 0 aliphatic rings. The maximum atomic E-state index is 13.1. The van der Waals surface area contributed by atoms with Gasteiger partial charge in [-0.05, 0) is 48.4 Å². The van der Waals surface area contributed by atoms with E-state index in [-0.39, 0.29) is 24.0 Å². The number of carbonyl (C=O) groups is 1. The van der Waals surface area contributed by atoms with Crippen LogP contribution in [0.3, 0.4) is 0 Å². The van der Waals surface area contributed by atoms with Crippen LogP contribution in [0.4, 0.5) is 19.6 Å². The number of hydrogen-bond acceptors (Lipinski definition) is 5. The van der Waals surface area contributed by atoms with Crippen molar-refractivity contribution < 1.29 is 13.6 Å². The molecule has 0 radical (unpaired) electrons. The number of nitrogens with one attached hydrogen (secondary N) is 1. The van der Waals surface area contributed by atoms with Crippen LogP contribution in [0.5, 0.6) is 0 Å². The second-order valence-corrected chi connectivity index (χ2v) is 7.67. The fourth-order valence-corrected chi connectivity index (χ4v) is 3.61. The minimum atomic E-state index is -0.341. The van der Waals surface area contributed by atoms with Gasteiger partial charge < -0.3 is 10.2 Å². The van der Waals surface area contributed by atoms with E-state index in [4.69, 9.17) is 0 Å². The summed E-state index contributed by atoms with van der Waals surface area (Å²) < 4.78 is 30.5. The number of halogens is 2. The summed E-state index contributed by atoms with van der Waals surface area (Å²) in [5.41, 5.74) is 1.51. The lowest BCUT2D eigenvalue weighted by Crippen LogP contribution is -2.28. The van der Waals surface area contributed by atoms with Gasteiger partial charge in [-0.3, -0.25) is 4.79 Å². The average molecular weight is 431 g/mol. The molecular formula is C22H24F2N4OS. The van der Waals surface area contributed by atoms with E-state index in [1.807, 2.05) is 0 Å². The van der Waals surface area contributed by atoms with E-state index in [2.05, 4.69) is 26.5 Å². The van der Waals surface area contributed by atoms with E-state index in [0.717, 1.165) is 30.1 Å². The number of anilines is 2. The molecule has 0 aliphatic carbocycles. The minimum Gasteiger partial charge on any atom is -0.346 e. The third-order valence-electron chi connectivity index (χ3n) is 4.52. The Morgan fingerprint density at radius 2 is 1.70 bits per heavy atom. The molecule has 1 heterocycles. The van der Waals surface area contributed by atoms with Crippen molar-refractivity contribution in [2.24, 2.45) is 0 Å². The summed E-state index contributed by atoms with van der Waals surface area (Å²) in [6.07, 6.45) is 2.82. The van der Waals surface area contributed by atoms with Crippen LogP contribution >= 0.6 is 11.5 Å². The second kappa shape index (κ2) is 10.8. The highest BCUT2D eigenvalue weighted by molar-refractivity contribution is 7.09. The van der Waals surface area contributed by atoms with Crippen molar-refractivity contribution in [2.45, 2.75) is 32.6 Å². The number of benzene rings is 2. The van der Waals surface area contributed by atoms with Gasteiger partial charge in [-0.1, -0.05) is 25.5 Å². The number of nitrogens with zero attached hydrogens (tertiary/aromatic N) is 3. The lowest BCUT2D eigenvalue weighted by atomic mass is 10.1. The largest absolute Gasteiger partial charge is 0.346 e.